The smallest absolute Gasteiger partial charge is 0.254 e. The van der Waals surface area contributed by atoms with Gasteiger partial charge >= 0.3 is 0 Å². The summed E-state index contributed by atoms with van der Waals surface area (Å²) in [5, 5.41) is 0. The van der Waals surface area contributed by atoms with Crippen molar-refractivity contribution in [1.29, 1.82) is 0 Å². The van der Waals surface area contributed by atoms with E-state index in [1.807, 2.05) is 106 Å². The summed E-state index contributed by atoms with van der Waals surface area (Å²) >= 11 is 0. The molecule has 0 bridgehead atoms. The molecule has 4 aromatic rings. The van der Waals surface area contributed by atoms with Crippen LogP contribution in [0.4, 0.5) is 5.69 Å². The Kier molecular flexibility index (Phi) is 7.15. The molecule has 2 heterocycles. The van der Waals surface area contributed by atoms with Crippen molar-refractivity contribution in [3.63, 3.8) is 0 Å². The van der Waals surface area contributed by atoms with Gasteiger partial charge in [0.05, 0.1) is 31.3 Å². The van der Waals surface area contributed by atoms with Gasteiger partial charge in [-0.1, -0.05) is 29.8 Å². The van der Waals surface area contributed by atoms with Gasteiger partial charge in [-0.15, -0.1) is 0 Å². The first-order chi connectivity index (χ1) is 18.8. The van der Waals surface area contributed by atoms with Crippen LogP contribution in [0.5, 0.6) is 11.5 Å². The van der Waals surface area contributed by atoms with E-state index in [1.54, 1.807) is 24.0 Å². The van der Waals surface area contributed by atoms with E-state index in [4.69, 9.17) is 9.47 Å². The van der Waals surface area contributed by atoms with Crippen molar-refractivity contribution in [3.05, 3.63) is 107 Å². The zero-order valence-corrected chi connectivity index (χ0v) is 22.9. The summed E-state index contributed by atoms with van der Waals surface area (Å²) in [5.41, 5.74) is 4.98. The fraction of sp³-hybridized carbons (Fsp3) is 0.250. The predicted octanol–water partition coefficient (Wildman–Crippen LogP) is 5.79. The molecule has 0 radical (unpaired) electrons. The Balaban J connectivity index is 1.62. The molecule has 0 N–H and O–H groups in total. The molecular weight excluding hydrogens is 490 g/mol. The first-order valence-electron chi connectivity index (χ1n) is 13.0. The van der Waals surface area contributed by atoms with E-state index in [1.165, 1.54) is 0 Å². The van der Waals surface area contributed by atoms with Gasteiger partial charge in [-0.3, -0.25) is 14.5 Å². The Morgan fingerprint density at radius 1 is 0.897 bits per heavy atom. The number of methoxy groups -OCH3 is 2. The van der Waals surface area contributed by atoms with Crippen molar-refractivity contribution >= 4 is 17.5 Å². The molecule has 1 aliphatic rings. The third-order valence-corrected chi connectivity index (χ3v) is 7.21. The van der Waals surface area contributed by atoms with E-state index in [-0.39, 0.29) is 24.4 Å². The highest BCUT2D eigenvalue weighted by Gasteiger charge is 2.39. The molecular formula is C32H33N3O4. The van der Waals surface area contributed by atoms with E-state index in [2.05, 4.69) is 4.57 Å². The average Bonchev–Trinajstić information content (AvgIpc) is 3.44. The van der Waals surface area contributed by atoms with Crippen molar-refractivity contribution in [2.45, 2.75) is 32.9 Å². The van der Waals surface area contributed by atoms with Crippen LogP contribution in [0, 0.1) is 6.92 Å². The van der Waals surface area contributed by atoms with Gasteiger partial charge in [0, 0.05) is 23.4 Å². The fourth-order valence-corrected chi connectivity index (χ4v) is 5.18. The Hall–Kier alpha value is -4.52. The molecule has 7 heteroatoms. The molecule has 0 spiro atoms. The molecule has 1 aliphatic heterocycles. The Bertz CT molecular complexity index is 1510. The van der Waals surface area contributed by atoms with Crippen molar-refractivity contribution in [3.8, 4) is 17.2 Å². The Morgan fingerprint density at radius 2 is 1.62 bits per heavy atom. The molecule has 200 valence electrons. The van der Waals surface area contributed by atoms with Crippen molar-refractivity contribution in [1.82, 2.24) is 9.47 Å². The van der Waals surface area contributed by atoms with Crippen molar-refractivity contribution < 1.29 is 19.1 Å². The molecule has 1 atom stereocenters. The highest BCUT2D eigenvalue weighted by molar-refractivity contribution is 6.03. The Labute approximate surface area is 229 Å². The summed E-state index contributed by atoms with van der Waals surface area (Å²) in [7, 11) is 3.23. The van der Waals surface area contributed by atoms with Crippen LogP contribution < -0.4 is 14.4 Å². The van der Waals surface area contributed by atoms with Crippen LogP contribution in [0.15, 0.2) is 85.1 Å². The predicted molar refractivity (Wildman–Crippen MR) is 152 cm³/mol. The zero-order chi connectivity index (χ0) is 27.7. The van der Waals surface area contributed by atoms with Gasteiger partial charge in [0.2, 0.25) is 5.91 Å². The van der Waals surface area contributed by atoms with E-state index < -0.39 is 6.04 Å². The molecule has 0 aliphatic carbocycles. The number of ether oxygens (including phenoxy) is 2. The Morgan fingerprint density at radius 3 is 2.28 bits per heavy atom. The minimum atomic E-state index is -0.504. The number of aromatic nitrogens is 1. The lowest BCUT2D eigenvalue weighted by Crippen LogP contribution is -2.48. The SMILES string of the molecule is COc1ccc(OC)c(C2c3cccn3-c3ccccc3N2C(=O)CN(C(=O)c2ccc(C)cc2)C(C)C)c1. The molecule has 3 aromatic carbocycles. The number of rotatable bonds is 7. The molecule has 0 saturated carbocycles. The lowest BCUT2D eigenvalue weighted by Gasteiger charge is -2.40. The number of fused-ring (bicyclic) bond motifs is 3. The molecule has 1 aromatic heterocycles. The largest absolute Gasteiger partial charge is 0.497 e. The minimum absolute atomic E-state index is 0.0811. The number of amides is 2. The summed E-state index contributed by atoms with van der Waals surface area (Å²) in [6.07, 6.45) is 2.00. The number of para-hydroxylation sites is 2. The number of anilines is 1. The van der Waals surface area contributed by atoms with Crippen LogP contribution in [0.3, 0.4) is 0 Å². The zero-order valence-electron chi connectivity index (χ0n) is 22.9. The van der Waals surface area contributed by atoms with Crippen LogP contribution in [0.2, 0.25) is 0 Å². The number of carbonyl (C=O) groups is 2. The number of aryl methyl sites for hydroxylation is 1. The molecule has 5 rings (SSSR count). The maximum absolute atomic E-state index is 14.4. The molecule has 39 heavy (non-hydrogen) atoms. The summed E-state index contributed by atoms with van der Waals surface area (Å²) < 4.78 is 13.4. The topological polar surface area (TPSA) is 64.0 Å². The summed E-state index contributed by atoms with van der Waals surface area (Å²) in [6, 6.07) is 24.2. The normalized spacial score (nSPS) is 14.0. The summed E-state index contributed by atoms with van der Waals surface area (Å²) in [6.45, 7) is 5.76. The van der Waals surface area contributed by atoms with E-state index in [9.17, 15) is 9.59 Å². The lowest BCUT2D eigenvalue weighted by atomic mass is 9.96. The number of benzene rings is 3. The van der Waals surface area contributed by atoms with Crippen LogP contribution in [-0.2, 0) is 4.79 Å². The molecule has 7 nitrogen and oxygen atoms in total. The standard InChI is InChI=1S/C32H33N3O4/c1-21(2)34(32(37)23-14-12-22(3)13-15-23)20-30(36)35-27-10-7-6-9-26(27)33-18-8-11-28(33)31(35)25-19-24(38-4)16-17-29(25)39-5/h6-19,21,31H,20H2,1-5H3. The van der Waals surface area contributed by atoms with Gasteiger partial charge in [0.15, 0.2) is 0 Å². The monoisotopic (exact) mass is 523 g/mol. The molecule has 2 amide bonds. The number of hydrogen-bond donors (Lipinski definition) is 0. The summed E-state index contributed by atoms with van der Waals surface area (Å²) in [4.78, 5) is 31.4. The first kappa shape index (κ1) is 26.1. The number of carbonyl (C=O) groups excluding carboxylic acids is 2. The molecule has 0 fully saturated rings. The number of hydrogen-bond acceptors (Lipinski definition) is 4. The van der Waals surface area contributed by atoms with Gasteiger partial charge in [-0.05, 0) is 75.4 Å². The summed E-state index contributed by atoms with van der Waals surface area (Å²) in [5.74, 6) is 0.928. The lowest BCUT2D eigenvalue weighted by molar-refractivity contribution is -0.120. The van der Waals surface area contributed by atoms with Gasteiger partial charge in [0.25, 0.3) is 5.91 Å². The van der Waals surface area contributed by atoms with Crippen LogP contribution in [0.25, 0.3) is 5.69 Å². The second-order valence-electron chi connectivity index (χ2n) is 9.96. The average molecular weight is 524 g/mol. The second-order valence-corrected chi connectivity index (χ2v) is 9.96. The quantitative estimate of drug-likeness (QED) is 0.308. The van der Waals surface area contributed by atoms with E-state index in [0.29, 0.717) is 17.1 Å². The van der Waals surface area contributed by atoms with Gasteiger partial charge in [-0.2, -0.15) is 0 Å². The van der Waals surface area contributed by atoms with Crippen molar-refractivity contribution in [2.24, 2.45) is 0 Å². The maximum Gasteiger partial charge on any atom is 0.254 e. The third kappa shape index (κ3) is 4.76. The molecule has 1 unspecified atom stereocenters. The highest BCUT2D eigenvalue weighted by atomic mass is 16.5. The minimum Gasteiger partial charge on any atom is -0.497 e. The van der Waals surface area contributed by atoms with Gasteiger partial charge in [-0.25, -0.2) is 0 Å². The van der Waals surface area contributed by atoms with E-state index >= 15 is 0 Å². The third-order valence-electron chi connectivity index (χ3n) is 7.21. The maximum atomic E-state index is 14.4. The second kappa shape index (κ2) is 10.7. The number of nitrogens with zero attached hydrogens (tertiary/aromatic N) is 3. The van der Waals surface area contributed by atoms with Crippen molar-refractivity contribution in [2.75, 3.05) is 25.7 Å². The fourth-order valence-electron chi connectivity index (χ4n) is 5.18. The first-order valence-corrected chi connectivity index (χ1v) is 13.0. The van der Waals surface area contributed by atoms with Crippen LogP contribution >= 0.6 is 0 Å². The van der Waals surface area contributed by atoms with E-state index in [0.717, 1.165) is 28.2 Å². The van der Waals surface area contributed by atoms with Gasteiger partial charge < -0.3 is 18.9 Å². The van der Waals surface area contributed by atoms with Gasteiger partial charge in [0.1, 0.15) is 24.1 Å². The molecule has 0 saturated heterocycles. The highest BCUT2D eigenvalue weighted by Crippen LogP contribution is 2.45. The van der Waals surface area contributed by atoms with Crippen LogP contribution in [-0.4, -0.2) is 48.1 Å². The van der Waals surface area contributed by atoms with Crippen LogP contribution in [0.1, 0.15) is 47.1 Å².